The molecule has 0 amide bonds. The van der Waals surface area contributed by atoms with Crippen LogP contribution in [0.4, 0.5) is 5.69 Å². The summed E-state index contributed by atoms with van der Waals surface area (Å²) in [6.45, 7) is 1.60. The molecule has 8 heteroatoms. The molecular weight excluding hydrogens is 342 g/mol. The quantitative estimate of drug-likeness (QED) is 0.657. The van der Waals surface area contributed by atoms with Gasteiger partial charge in [-0.3, -0.25) is 10.1 Å². The van der Waals surface area contributed by atoms with Crippen molar-refractivity contribution in [1.82, 2.24) is 9.55 Å². The number of hydrogen-bond donors (Lipinski definition) is 1. The summed E-state index contributed by atoms with van der Waals surface area (Å²) >= 11 is 3.20. The maximum atomic E-state index is 11.2. The van der Waals surface area contributed by atoms with Gasteiger partial charge in [-0.15, -0.1) is 0 Å². The first-order valence-corrected chi connectivity index (χ1v) is 6.94. The van der Waals surface area contributed by atoms with Gasteiger partial charge in [-0.1, -0.05) is 15.9 Å². The Morgan fingerprint density at radius 3 is 2.81 bits per heavy atom. The number of nitro benzene ring substituents is 1. The summed E-state index contributed by atoms with van der Waals surface area (Å²) in [6.07, 6.45) is 2.48. The first-order valence-electron chi connectivity index (χ1n) is 6.15. The van der Waals surface area contributed by atoms with E-state index < -0.39 is 11.0 Å². The third-order valence-electron chi connectivity index (χ3n) is 2.98. The number of nitrogens with zero attached hydrogens (tertiary/aromatic N) is 3. The van der Waals surface area contributed by atoms with Crippen LogP contribution in [-0.4, -0.2) is 19.6 Å². The van der Waals surface area contributed by atoms with Crippen LogP contribution in [0.2, 0.25) is 0 Å². The minimum Gasteiger partial charge on any atom is -0.478 e. The van der Waals surface area contributed by atoms with Gasteiger partial charge in [0.05, 0.1) is 11.0 Å². The molecule has 0 bridgehead atoms. The number of hydrogen-bond acceptors (Lipinski definition) is 5. The number of rotatable bonds is 5. The van der Waals surface area contributed by atoms with Crippen molar-refractivity contribution in [2.24, 2.45) is 7.05 Å². The summed E-state index contributed by atoms with van der Waals surface area (Å²) in [7, 11) is 1.80. The van der Waals surface area contributed by atoms with Gasteiger partial charge in [-0.2, -0.15) is 0 Å². The minimum atomic E-state index is -0.891. The highest BCUT2D eigenvalue weighted by atomic mass is 79.9. The SMILES string of the molecule is C[C@H](O)c1cc(Br)cc([N+](=O)[O-])c1OCc1nccn1C. The van der Waals surface area contributed by atoms with Gasteiger partial charge in [-0.25, -0.2) is 4.98 Å². The van der Waals surface area contributed by atoms with Crippen LogP contribution in [0.3, 0.4) is 0 Å². The van der Waals surface area contributed by atoms with Gasteiger partial charge in [0.15, 0.2) is 0 Å². The number of ether oxygens (including phenoxy) is 1. The van der Waals surface area contributed by atoms with Gasteiger partial charge in [0.2, 0.25) is 5.75 Å². The largest absolute Gasteiger partial charge is 0.478 e. The molecule has 0 aliphatic heterocycles. The van der Waals surface area contributed by atoms with Crippen LogP contribution in [0.5, 0.6) is 5.75 Å². The zero-order valence-corrected chi connectivity index (χ0v) is 13.1. The lowest BCUT2D eigenvalue weighted by molar-refractivity contribution is -0.386. The van der Waals surface area contributed by atoms with Crippen molar-refractivity contribution in [2.75, 3.05) is 0 Å². The van der Waals surface area contributed by atoms with E-state index in [0.717, 1.165) is 0 Å². The summed E-state index contributed by atoms with van der Waals surface area (Å²) in [4.78, 5) is 14.7. The van der Waals surface area contributed by atoms with Crippen LogP contribution < -0.4 is 4.74 Å². The lowest BCUT2D eigenvalue weighted by Gasteiger charge is -2.14. The molecule has 0 aliphatic carbocycles. The highest BCUT2D eigenvalue weighted by Gasteiger charge is 2.23. The second-order valence-corrected chi connectivity index (χ2v) is 5.44. The Balaban J connectivity index is 2.40. The Morgan fingerprint density at radius 2 is 2.29 bits per heavy atom. The molecule has 1 atom stereocenters. The van der Waals surface area contributed by atoms with Crippen LogP contribution >= 0.6 is 15.9 Å². The van der Waals surface area contributed by atoms with Gasteiger partial charge in [0, 0.05) is 35.5 Å². The van der Waals surface area contributed by atoms with Crippen LogP contribution in [0, 0.1) is 10.1 Å². The predicted octanol–water partition coefficient (Wildman–Crippen LogP) is 2.72. The first kappa shape index (κ1) is 15.5. The Labute approximate surface area is 129 Å². The summed E-state index contributed by atoms with van der Waals surface area (Å²) in [6, 6.07) is 2.95. The lowest BCUT2D eigenvalue weighted by Crippen LogP contribution is -2.07. The van der Waals surface area contributed by atoms with E-state index in [4.69, 9.17) is 4.74 Å². The standard InChI is InChI=1S/C13H14BrN3O4/c1-8(18)10-5-9(14)6-11(17(19)20)13(10)21-7-12-15-3-4-16(12)2/h3-6,8,18H,7H2,1-2H3/t8-/m0/s1. The highest BCUT2D eigenvalue weighted by Crippen LogP contribution is 2.38. The smallest absolute Gasteiger partial charge is 0.312 e. The number of aliphatic hydroxyl groups excluding tert-OH is 1. The third kappa shape index (κ3) is 3.40. The first-order chi connectivity index (χ1) is 9.90. The average Bonchev–Trinajstić information content (AvgIpc) is 2.81. The van der Waals surface area contributed by atoms with Gasteiger partial charge < -0.3 is 14.4 Å². The molecule has 1 heterocycles. The normalized spacial score (nSPS) is 12.2. The van der Waals surface area contributed by atoms with E-state index in [1.807, 2.05) is 0 Å². The predicted molar refractivity (Wildman–Crippen MR) is 79.0 cm³/mol. The molecule has 0 radical (unpaired) electrons. The van der Waals surface area contributed by atoms with Crippen LogP contribution in [0.25, 0.3) is 0 Å². The lowest BCUT2D eigenvalue weighted by atomic mass is 10.1. The molecule has 1 aromatic heterocycles. The number of aryl methyl sites for hydroxylation is 1. The monoisotopic (exact) mass is 355 g/mol. The molecule has 112 valence electrons. The number of aromatic nitrogens is 2. The van der Waals surface area contributed by atoms with Gasteiger partial charge in [0.25, 0.3) is 0 Å². The number of halogens is 1. The zero-order valence-electron chi connectivity index (χ0n) is 11.5. The summed E-state index contributed by atoms with van der Waals surface area (Å²) in [5, 5.41) is 21.0. The number of nitro groups is 1. The van der Waals surface area contributed by atoms with Gasteiger partial charge in [0.1, 0.15) is 12.4 Å². The molecule has 0 saturated heterocycles. The Kier molecular flexibility index (Phi) is 4.59. The van der Waals surface area contributed by atoms with Gasteiger partial charge >= 0.3 is 5.69 Å². The van der Waals surface area contributed by atoms with E-state index >= 15 is 0 Å². The van der Waals surface area contributed by atoms with Crippen LogP contribution in [0.15, 0.2) is 29.0 Å². The molecule has 0 saturated carbocycles. The van der Waals surface area contributed by atoms with Gasteiger partial charge in [-0.05, 0) is 13.0 Å². The molecule has 0 spiro atoms. The zero-order chi connectivity index (χ0) is 15.6. The second-order valence-electron chi connectivity index (χ2n) is 4.52. The molecule has 0 aliphatic rings. The Bertz CT molecular complexity index is 669. The molecule has 1 N–H and O–H groups in total. The number of benzene rings is 1. The summed E-state index contributed by atoms with van der Waals surface area (Å²) in [5.74, 6) is 0.685. The molecule has 21 heavy (non-hydrogen) atoms. The highest BCUT2D eigenvalue weighted by molar-refractivity contribution is 9.10. The van der Waals surface area contributed by atoms with E-state index in [-0.39, 0.29) is 18.0 Å². The molecule has 0 unspecified atom stereocenters. The van der Waals surface area contributed by atoms with Crippen molar-refractivity contribution >= 4 is 21.6 Å². The van der Waals surface area contributed by atoms with E-state index in [2.05, 4.69) is 20.9 Å². The number of imidazole rings is 1. The topological polar surface area (TPSA) is 90.4 Å². The van der Waals surface area contributed by atoms with Crippen molar-refractivity contribution in [2.45, 2.75) is 19.6 Å². The number of aliphatic hydroxyl groups is 1. The third-order valence-corrected chi connectivity index (χ3v) is 3.43. The molecular formula is C13H14BrN3O4. The van der Waals surface area contributed by atoms with E-state index in [1.54, 1.807) is 30.1 Å². The Hall–Kier alpha value is -1.93. The fraction of sp³-hybridized carbons (Fsp3) is 0.308. The fourth-order valence-corrected chi connectivity index (χ4v) is 2.34. The second kappa shape index (κ2) is 6.23. The molecule has 2 aromatic rings. The van der Waals surface area contributed by atoms with Crippen molar-refractivity contribution in [3.05, 3.63) is 50.5 Å². The van der Waals surface area contributed by atoms with Crippen molar-refractivity contribution in [3.8, 4) is 5.75 Å². The maximum Gasteiger partial charge on any atom is 0.312 e. The van der Waals surface area contributed by atoms with Crippen molar-refractivity contribution in [3.63, 3.8) is 0 Å². The minimum absolute atomic E-state index is 0.0567. The average molecular weight is 356 g/mol. The van der Waals surface area contributed by atoms with E-state index in [9.17, 15) is 15.2 Å². The van der Waals surface area contributed by atoms with Crippen molar-refractivity contribution in [1.29, 1.82) is 0 Å². The van der Waals surface area contributed by atoms with E-state index in [0.29, 0.717) is 15.9 Å². The maximum absolute atomic E-state index is 11.2. The van der Waals surface area contributed by atoms with Crippen LogP contribution in [-0.2, 0) is 13.7 Å². The Morgan fingerprint density at radius 1 is 1.57 bits per heavy atom. The summed E-state index contributed by atoms with van der Waals surface area (Å²) in [5.41, 5.74) is 0.153. The molecule has 7 nitrogen and oxygen atoms in total. The molecule has 1 aromatic carbocycles. The van der Waals surface area contributed by atoms with Crippen LogP contribution in [0.1, 0.15) is 24.4 Å². The summed E-state index contributed by atoms with van der Waals surface area (Å²) < 4.78 is 7.83. The van der Waals surface area contributed by atoms with Crippen molar-refractivity contribution < 1.29 is 14.8 Å². The fourth-order valence-electron chi connectivity index (χ4n) is 1.88. The molecule has 0 fully saturated rings. The molecule has 2 rings (SSSR count). The van der Waals surface area contributed by atoms with E-state index in [1.165, 1.54) is 13.0 Å².